The van der Waals surface area contributed by atoms with E-state index in [4.69, 9.17) is 32.7 Å². The highest BCUT2D eigenvalue weighted by Gasteiger charge is 2.33. The number of halogens is 2. The molecule has 0 aliphatic carbocycles. The molecule has 1 aliphatic heterocycles. The zero-order chi connectivity index (χ0) is 22.6. The lowest BCUT2D eigenvalue weighted by molar-refractivity contribution is -0.134. The number of likely N-dealkylation sites (N-methyl/N-ethyl adjacent to an activating group) is 1. The van der Waals surface area contributed by atoms with E-state index in [1.165, 1.54) is 18.0 Å². The first-order valence-electron chi connectivity index (χ1n) is 9.45. The van der Waals surface area contributed by atoms with Gasteiger partial charge in [-0.2, -0.15) is 0 Å². The Bertz CT molecular complexity index is 1090. The summed E-state index contributed by atoms with van der Waals surface area (Å²) in [5.41, 5.74) is 0.851. The van der Waals surface area contributed by atoms with Gasteiger partial charge in [0, 0.05) is 28.7 Å². The van der Waals surface area contributed by atoms with Crippen molar-refractivity contribution in [2.24, 2.45) is 0 Å². The van der Waals surface area contributed by atoms with Crippen molar-refractivity contribution in [2.45, 2.75) is 19.1 Å². The lowest BCUT2D eigenvalue weighted by atomic mass is 10.2. The van der Waals surface area contributed by atoms with Crippen molar-refractivity contribution < 1.29 is 27.5 Å². The number of sulfone groups is 1. The number of carbonyl (C=O) groups is 2. The predicted molar refractivity (Wildman–Crippen MR) is 117 cm³/mol. The van der Waals surface area contributed by atoms with Crippen molar-refractivity contribution in [3.8, 4) is 5.75 Å². The molecule has 0 bridgehead atoms. The molecule has 0 spiro atoms. The maximum absolute atomic E-state index is 12.5. The zero-order valence-corrected chi connectivity index (χ0v) is 19.0. The average Bonchev–Trinajstić information content (AvgIpc) is 3.10. The quantitative estimate of drug-likeness (QED) is 0.558. The highest BCUT2D eigenvalue weighted by Crippen LogP contribution is 2.25. The van der Waals surface area contributed by atoms with Crippen molar-refractivity contribution in [1.82, 2.24) is 4.90 Å². The maximum Gasteiger partial charge on any atom is 0.342 e. The van der Waals surface area contributed by atoms with Crippen molar-refractivity contribution in [3.63, 3.8) is 0 Å². The summed E-state index contributed by atoms with van der Waals surface area (Å²) in [6.07, 6.45) is 0.377. The van der Waals surface area contributed by atoms with Gasteiger partial charge in [0.05, 0.1) is 11.5 Å². The Kier molecular flexibility index (Phi) is 7.46. The summed E-state index contributed by atoms with van der Waals surface area (Å²) in [5.74, 6) is -0.938. The summed E-state index contributed by atoms with van der Waals surface area (Å²) >= 11 is 12.0. The zero-order valence-electron chi connectivity index (χ0n) is 16.7. The van der Waals surface area contributed by atoms with E-state index in [1.54, 1.807) is 36.4 Å². The monoisotopic (exact) mass is 485 g/mol. The van der Waals surface area contributed by atoms with Crippen LogP contribution in [-0.4, -0.2) is 56.4 Å². The van der Waals surface area contributed by atoms with Crippen LogP contribution in [0.25, 0.3) is 0 Å². The first-order chi connectivity index (χ1) is 14.7. The van der Waals surface area contributed by atoms with E-state index in [1.807, 2.05) is 0 Å². The molecule has 1 aliphatic rings. The van der Waals surface area contributed by atoms with Gasteiger partial charge in [-0.1, -0.05) is 41.4 Å². The summed E-state index contributed by atoms with van der Waals surface area (Å²) in [4.78, 5) is 26.2. The molecule has 3 rings (SSSR count). The van der Waals surface area contributed by atoms with Crippen molar-refractivity contribution in [3.05, 3.63) is 63.6 Å². The van der Waals surface area contributed by atoms with Crippen LogP contribution >= 0.6 is 23.2 Å². The van der Waals surface area contributed by atoms with E-state index in [9.17, 15) is 18.0 Å². The maximum atomic E-state index is 12.5. The molecule has 0 N–H and O–H groups in total. The van der Waals surface area contributed by atoms with Crippen LogP contribution in [0.5, 0.6) is 5.75 Å². The molecule has 2 aromatic rings. The number of esters is 1. The second kappa shape index (κ2) is 9.89. The highest BCUT2D eigenvalue weighted by molar-refractivity contribution is 7.91. The Morgan fingerprint density at radius 1 is 1.16 bits per heavy atom. The number of nitrogens with zero attached hydrogens (tertiary/aromatic N) is 1. The van der Waals surface area contributed by atoms with Crippen molar-refractivity contribution in [2.75, 3.05) is 25.2 Å². The number of carbonyl (C=O) groups excluding carboxylic acids is 2. The SMILES string of the molecule is CN(C(=O)COC(=O)c1ccccc1OCc1ccc(Cl)cc1Cl)C1CCS(=O)(=O)C1. The summed E-state index contributed by atoms with van der Waals surface area (Å²) in [7, 11) is -1.62. The van der Waals surface area contributed by atoms with Gasteiger partial charge in [0.25, 0.3) is 5.91 Å². The smallest absolute Gasteiger partial charge is 0.342 e. The number of hydrogen-bond donors (Lipinski definition) is 0. The van der Waals surface area contributed by atoms with Crippen LogP contribution in [0.3, 0.4) is 0 Å². The molecule has 7 nitrogen and oxygen atoms in total. The van der Waals surface area contributed by atoms with Gasteiger partial charge in [-0.15, -0.1) is 0 Å². The largest absolute Gasteiger partial charge is 0.488 e. The van der Waals surface area contributed by atoms with Gasteiger partial charge >= 0.3 is 5.97 Å². The van der Waals surface area contributed by atoms with Gasteiger partial charge < -0.3 is 14.4 Å². The average molecular weight is 486 g/mol. The first-order valence-corrected chi connectivity index (χ1v) is 12.0. The summed E-state index contributed by atoms with van der Waals surface area (Å²) < 4.78 is 34.1. The van der Waals surface area contributed by atoms with E-state index in [0.717, 1.165) is 0 Å². The Balaban J connectivity index is 1.60. The van der Waals surface area contributed by atoms with Crippen LogP contribution in [0.4, 0.5) is 0 Å². The van der Waals surface area contributed by atoms with E-state index < -0.39 is 34.4 Å². The fourth-order valence-electron chi connectivity index (χ4n) is 3.15. The molecular weight excluding hydrogens is 465 g/mol. The third-order valence-electron chi connectivity index (χ3n) is 4.98. The molecular formula is C21H21Cl2NO6S. The summed E-state index contributed by atoms with van der Waals surface area (Å²) in [6.45, 7) is -0.388. The molecule has 0 radical (unpaired) electrons. The van der Waals surface area contributed by atoms with E-state index in [2.05, 4.69) is 0 Å². The Morgan fingerprint density at radius 3 is 2.58 bits per heavy atom. The standard InChI is InChI=1S/C21H21Cl2NO6S/c1-24(16-8-9-31(27,28)13-16)20(25)12-30-21(26)17-4-2-3-5-19(17)29-11-14-6-7-15(22)10-18(14)23/h2-7,10,16H,8-9,11-13H2,1H3. The molecule has 1 unspecified atom stereocenters. The normalized spacial score (nSPS) is 17.2. The van der Waals surface area contributed by atoms with Crippen LogP contribution < -0.4 is 4.74 Å². The van der Waals surface area contributed by atoms with Crippen LogP contribution in [0, 0.1) is 0 Å². The fraction of sp³-hybridized carbons (Fsp3) is 0.333. The third-order valence-corrected chi connectivity index (χ3v) is 7.32. The lowest BCUT2D eigenvalue weighted by Crippen LogP contribution is -2.40. The van der Waals surface area contributed by atoms with Gasteiger partial charge in [0.15, 0.2) is 16.4 Å². The minimum Gasteiger partial charge on any atom is -0.488 e. The molecule has 1 fully saturated rings. The number of para-hydroxylation sites is 1. The molecule has 0 aromatic heterocycles. The van der Waals surface area contributed by atoms with Crippen LogP contribution in [0.1, 0.15) is 22.3 Å². The number of hydrogen-bond acceptors (Lipinski definition) is 6. The molecule has 1 heterocycles. The van der Waals surface area contributed by atoms with Crippen molar-refractivity contribution >= 4 is 44.9 Å². The van der Waals surface area contributed by atoms with Crippen LogP contribution in [0.15, 0.2) is 42.5 Å². The second-order valence-corrected chi connectivity index (χ2v) is 10.2. The highest BCUT2D eigenvalue weighted by atomic mass is 35.5. The molecule has 10 heteroatoms. The molecule has 31 heavy (non-hydrogen) atoms. The van der Waals surface area contributed by atoms with Gasteiger partial charge in [-0.25, -0.2) is 13.2 Å². The van der Waals surface area contributed by atoms with Crippen LogP contribution in [0.2, 0.25) is 10.0 Å². The molecule has 1 atom stereocenters. The van der Waals surface area contributed by atoms with Crippen molar-refractivity contribution in [1.29, 1.82) is 0 Å². The predicted octanol–water partition coefficient (Wildman–Crippen LogP) is 3.37. The topological polar surface area (TPSA) is 90.0 Å². The van der Waals surface area contributed by atoms with E-state index in [-0.39, 0.29) is 29.4 Å². The number of rotatable bonds is 7. The fourth-order valence-corrected chi connectivity index (χ4v) is 5.38. The van der Waals surface area contributed by atoms with Gasteiger partial charge in [-0.3, -0.25) is 4.79 Å². The molecule has 1 amide bonds. The molecule has 1 saturated heterocycles. The summed E-state index contributed by atoms with van der Waals surface area (Å²) in [6, 6.07) is 11.1. The molecule has 0 saturated carbocycles. The molecule has 166 valence electrons. The Labute approximate surface area is 190 Å². The first kappa shape index (κ1) is 23.4. The molecule has 2 aromatic carbocycles. The number of ether oxygens (including phenoxy) is 2. The van der Waals surface area contributed by atoms with E-state index >= 15 is 0 Å². The second-order valence-electron chi connectivity index (χ2n) is 7.16. The summed E-state index contributed by atoms with van der Waals surface area (Å²) in [5, 5.41) is 0.942. The number of amides is 1. The minimum atomic E-state index is -3.12. The van der Waals surface area contributed by atoms with E-state index in [0.29, 0.717) is 22.0 Å². The number of benzene rings is 2. The Morgan fingerprint density at radius 2 is 1.90 bits per heavy atom. The lowest BCUT2D eigenvalue weighted by Gasteiger charge is -2.23. The van der Waals surface area contributed by atoms with Gasteiger partial charge in [0.1, 0.15) is 17.9 Å². The minimum absolute atomic E-state index is 0.0530. The van der Waals surface area contributed by atoms with Gasteiger partial charge in [-0.05, 0) is 30.7 Å². The Hall–Kier alpha value is -2.29. The third kappa shape index (κ3) is 6.12. The van der Waals surface area contributed by atoms with Gasteiger partial charge in [0.2, 0.25) is 0 Å². The van der Waals surface area contributed by atoms with Crippen LogP contribution in [-0.2, 0) is 26.0 Å².